The van der Waals surface area contributed by atoms with Crippen molar-refractivity contribution in [3.63, 3.8) is 0 Å². The van der Waals surface area contributed by atoms with Crippen LogP contribution in [0.3, 0.4) is 0 Å². The van der Waals surface area contributed by atoms with Crippen LogP contribution < -0.4 is 0 Å². The smallest absolute Gasteiger partial charge is 0.441 e. The fourth-order valence-electron chi connectivity index (χ4n) is 5.82. The van der Waals surface area contributed by atoms with Crippen LogP contribution in [0.15, 0.2) is 162 Å². The number of halogens is 3. The molecule has 0 N–H and O–H groups in total. The lowest BCUT2D eigenvalue weighted by Crippen LogP contribution is -2.62. The van der Waals surface area contributed by atoms with Gasteiger partial charge in [0, 0.05) is 10.6 Å². The molecule has 5 aromatic rings. The van der Waals surface area contributed by atoms with Gasteiger partial charge in [-0.2, -0.15) is 13.2 Å². The molecule has 1 aliphatic heterocycles. The van der Waals surface area contributed by atoms with Crippen LogP contribution in [-0.4, -0.2) is 61.7 Å². The van der Waals surface area contributed by atoms with Crippen LogP contribution in [-0.2, 0) is 48.2 Å². The first-order chi connectivity index (χ1) is 26.4. The van der Waals surface area contributed by atoms with E-state index in [4.69, 9.17) is 28.4 Å². The van der Waals surface area contributed by atoms with Gasteiger partial charge in [0.15, 0.2) is 0 Å². The maximum atomic E-state index is 14.7. The Hall–Kier alpha value is -4.49. The maximum Gasteiger partial charge on any atom is 0.468 e. The lowest BCUT2D eigenvalue weighted by Gasteiger charge is -2.45. The van der Waals surface area contributed by atoms with Gasteiger partial charge < -0.3 is 28.4 Å². The number of hydrogen-bond acceptors (Lipinski definition) is 8. The van der Waals surface area contributed by atoms with Gasteiger partial charge in [-0.25, -0.2) is 4.99 Å². The number of ether oxygens (including phenoxy) is 6. The van der Waals surface area contributed by atoms with Crippen molar-refractivity contribution in [2.75, 3.05) is 19.0 Å². The van der Waals surface area contributed by atoms with Gasteiger partial charge in [-0.05, 0) is 41.0 Å². The molecule has 282 valence electrons. The van der Waals surface area contributed by atoms with Gasteiger partial charge in [0.25, 0.3) is 5.90 Å². The summed E-state index contributed by atoms with van der Waals surface area (Å²) in [5.74, 6) is -0.970. The third-order valence-corrected chi connectivity index (χ3v) is 9.39. The number of thioether (sulfide) groups is 1. The van der Waals surface area contributed by atoms with E-state index >= 15 is 0 Å². The van der Waals surface area contributed by atoms with E-state index in [1.165, 1.54) is 12.1 Å². The molecule has 0 radical (unpaired) electrons. The van der Waals surface area contributed by atoms with Crippen LogP contribution in [0, 0.1) is 0 Å². The number of alkyl halides is 3. The van der Waals surface area contributed by atoms with Crippen molar-refractivity contribution in [2.45, 2.75) is 61.6 Å². The molecule has 1 fully saturated rings. The van der Waals surface area contributed by atoms with Crippen LogP contribution in [0.4, 0.5) is 18.9 Å². The summed E-state index contributed by atoms with van der Waals surface area (Å²) in [6.45, 7) is 0.668. The molecule has 0 bridgehead atoms. The Morgan fingerprint density at radius 1 is 0.593 bits per heavy atom. The van der Waals surface area contributed by atoms with Crippen molar-refractivity contribution in [3.8, 4) is 0 Å². The molecular weight excluding hydrogens is 716 g/mol. The number of hydrogen-bond donors (Lipinski definition) is 0. The van der Waals surface area contributed by atoms with E-state index < -0.39 is 42.8 Å². The Kier molecular flexibility index (Phi) is 14.7. The molecule has 5 atom stereocenters. The highest BCUT2D eigenvalue weighted by Crippen LogP contribution is 2.34. The van der Waals surface area contributed by atoms with E-state index in [1.807, 2.05) is 121 Å². The first-order valence-corrected chi connectivity index (χ1v) is 18.7. The zero-order valence-electron chi connectivity index (χ0n) is 29.5. The van der Waals surface area contributed by atoms with Crippen molar-refractivity contribution in [3.05, 3.63) is 168 Å². The molecule has 0 spiro atoms. The highest BCUT2D eigenvalue weighted by Gasteiger charge is 2.52. The second-order valence-electron chi connectivity index (χ2n) is 12.4. The fourth-order valence-corrected chi connectivity index (χ4v) is 6.59. The molecule has 5 aromatic carbocycles. The Balaban J connectivity index is 1.34. The van der Waals surface area contributed by atoms with E-state index in [9.17, 15) is 13.2 Å². The number of nitrogens with zero attached hydrogens (tertiary/aromatic N) is 1. The van der Waals surface area contributed by atoms with Gasteiger partial charge in [-0.1, -0.05) is 127 Å². The molecule has 7 nitrogen and oxygen atoms in total. The first kappa shape index (κ1) is 39.2. The highest BCUT2D eigenvalue weighted by atomic mass is 32.2. The second kappa shape index (κ2) is 20.3. The van der Waals surface area contributed by atoms with Crippen LogP contribution in [0.5, 0.6) is 0 Å². The monoisotopic (exact) mass is 757 g/mol. The average Bonchev–Trinajstić information content (AvgIpc) is 3.20. The summed E-state index contributed by atoms with van der Waals surface area (Å²) in [7, 11) is 0. The molecular formula is C43H42F3NO6S. The molecule has 0 aromatic heterocycles. The Morgan fingerprint density at radius 2 is 1.09 bits per heavy atom. The SMILES string of the molecule is FC(F)(F)C(=Nc1ccccc1)OC1O[C@H](COCc2ccccc2)[C@@H](OCc2ccccc2)[C@H](OCc2ccccc2)[C@H]1OCCSc1ccccc1. The molecule has 1 unspecified atom stereocenters. The van der Waals surface area contributed by atoms with Gasteiger partial charge in [0.1, 0.15) is 24.4 Å². The van der Waals surface area contributed by atoms with Crippen LogP contribution >= 0.6 is 11.8 Å². The molecule has 1 aliphatic rings. The van der Waals surface area contributed by atoms with Crippen molar-refractivity contribution in [1.82, 2.24) is 0 Å². The minimum absolute atomic E-state index is 0.0346. The number of aliphatic imine (C=N–C) groups is 1. The van der Waals surface area contributed by atoms with E-state index in [0.717, 1.165) is 21.6 Å². The molecule has 1 saturated heterocycles. The summed E-state index contributed by atoms with van der Waals surface area (Å²) < 4.78 is 82.0. The first-order valence-electron chi connectivity index (χ1n) is 17.7. The molecule has 54 heavy (non-hydrogen) atoms. The second-order valence-corrected chi connectivity index (χ2v) is 13.6. The summed E-state index contributed by atoms with van der Waals surface area (Å²) in [5.41, 5.74) is 2.75. The van der Waals surface area contributed by atoms with Crippen LogP contribution in [0.25, 0.3) is 0 Å². The van der Waals surface area contributed by atoms with Crippen molar-refractivity contribution in [2.24, 2.45) is 4.99 Å². The Labute approximate surface area is 318 Å². The third-order valence-electron chi connectivity index (χ3n) is 8.42. The van der Waals surface area contributed by atoms with Crippen LogP contribution in [0.1, 0.15) is 16.7 Å². The van der Waals surface area contributed by atoms with Gasteiger partial charge in [-0.3, -0.25) is 0 Å². The number of para-hydroxylation sites is 1. The molecule has 0 saturated carbocycles. The topological polar surface area (TPSA) is 67.7 Å². The lowest BCUT2D eigenvalue weighted by atomic mass is 9.98. The molecule has 0 aliphatic carbocycles. The van der Waals surface area contributed by atoms with E-state index in [-0.39, 0.29) is 38.7 Å². The van der Waals surface area contributed by atoms with Gasteiger partial charge >= 0.3 is 6.18 Å². The quantitative estimate of drug-likeness (QED) is 0.0405. The highest BCUT2D eigenvalue weighted by molar-refractivity contribution is 7.99. The lowest BCUT2D eigenvalue weighted by molar-refractivity contribution is -0.313. The summed E-state index contributed by atoms with van der Waals surface area (Å²) >= 11 is 1.56. The van der Waals surface area contributed by atoms with Crippen molar-refractivity contribution < 1.29 is 41.6 Å². The summed E-state index contributed by atoms with van der Waals surface area (Å²) in [5, 5.41) is 0. The van der Waals surface area contributed by atoms with Crippen molar-refractivity contribution in [1.29, 1.82) is 0 Å². The summed E-state index contributed by atoms with van der Waals surface area (Å²) in [6, 6.07) is 46.3. The molecule has 6 rings (SSSR count). The predicted molar refractivity (Wildman–Crippen MR) is 202 cm³/mol. The molecule has 1 heterocycles. The summed E-state index contributed by atoms with van der Waals surface area (Å²) in [6.07, 6.45) is -10.4. The minimum Gasteiger partial charge on any atom is -0.441 e. The van der Waals surface area contributed by atoms with E-state index in [1.54, 1.807) is 30.0 Å². The van der Waals surface area contributed by atoms with Crippen LogP contribution in [0.2, 0.25) is 0 Å². The average molecular weight is 758 g/mol. The zero-order chi connectivity index (χ0) is 37.4. The Bertz CT molecular complexity index is 1820. The Morgan fingerprint density at radius 3 is 1.65 bits per heavy atom. The van der Waals surface area contributed by atoms with Crippen molar-refractivity contribution >= 4 is 23.3 Å². The summed E-state index contributed by atoms with van der Waals surface area (Å²) in [4.78, 5) is 4.89. The standard InChI is InChI=1S/C43H42F3NO6S/c44-43(45,46)42(47-35-22-12-4-13-23-35)53-41-40(49-26-27-54-36-24-14-5-15-25-36)39(51-30-34-20-10-3-11-21-34)38(50-29-33-18-8-2-9-19-33)37(52-41)31-48-28-32-16-6-1-7-17-32/h1-25,37-41H,26-31H2/t37-,38-,39+,40-,41?/m1/s1. The molecule has 0 amide bonds. The van der Waals surface area contributed by atoms with Gasteiger partial charge in [-0.15, -0.1) is 11.8 Å². The normalized spacial score (nSPS) is 20.4. The number of rotatable bonds is 17. The van der Waals surface area contributed by atoms with E-state index in [0.29, 0.717) is 5.75 Å². The van der Waals surface area contributed by atoms with E-state index in [2.05, 4.69) is 4.99 Å². The van der Waals surface area contributed by atoms with Gasteiger partial charge in [0.2, 0.25) is 6.29 Å². The fraction of sp³-hybridized carbons (Fsp3) is 0.279. The minimum atomic E-state index is -4.95. The largest absolute Gasteiger partial charge is 0.468 e. The third kappa shape index (κ3) is 12.0. The predicted octanol–water partition coefficient (Wildman–Crippen LogP) is 9.59. The van der Waals surface area contributed by atoms with Gasteiger partial charge in [0.05, 0.1) is 38.7 Å². The number of benzene rings is 5. The zero-order valence-corrected chi connectivity index (χ0v) is 30.3. The maximum absolute atomic E-state index is 14.7. The molecule has 11 heteroatoms.